The topological polar surface area (TPSA) is 105 Å². The lowest BCUT2D eigenvalue weighted by molar-refractivity contribution is -0.384. The normalized spacial score (nSPS) is 11.7. The average molecular weight is 308 g/mol. The van der Waals surface area contributed by atoms with Crippen molar-refractivity contribution in [2.45, 2.75) is 12.7 Å². The molecule has 118 valence electrons. The lowest BCUT2D eigenvalue weighted by Crippen LogP contribution is -2.36. The Hall–Kier alpha value is -1.91. The number of para-hydroxylation sites is 1. The molecule has 0 bridgehead atoms. The van der Waals surface area contributed by atoms with Crippen molar-refractivity contribution in [3.05, 3.63) is 33.9 Å². The van der Waals surface area contributed by atoms with Crippen LogP contribution in [0.5, 0.6) is 0 Å². The molecule has 0 atom stereocenters. The summed E-state index contributed by atoms with van der Waals surface area (Å²) in [6.45, 7) is -2.15. The number of nitrogen functional groups attached to an aromatic ring is 1. The van der Waals surface area contributed by atoms with Crippen LogP contribution in [0.25, 0.3) is 0 Å². The Balaban J connectivity index is 3.03. The molecule has 0 aliphatic heterocycles. The largest absolute Gasteiger partial charge is 0.401 e. The molecule has 0 saturated carbocycles. The van der Waals surface area contributed by atoms with Crippen LogP contribution < -0.4 is 11.3 Å². The quantitative estimate of drug-likeness (QED) is 0.398. The maximum atomic E-state index is 12.4. The van der Waals surface area contributed by atoms with Crippen molar-refractivity contribution in [3.63, 3.8) is 0 Å². The lowest BCUT2D eigenvalue weighted by atomic mass is 10.1. The first kappa shape index (κ1) is 17.1. The Morgan fingerprint density at radius 2 is 2.10 bits per heavy atom. The number of aliphatic hydroxyl groups excluding tert-OH is 1. The third-order valence-electron chi connectivity index (χ3n) is 2.68. The molecule has 0 amide bonds. The Morgan fingerprint density at radius 1 is 1.43 bits per heavy atom. The van der Waals surface area contributed by atoms with Crippen molar-refractivity contribution < 1.29 is 23.2 Å². The Bertz CT molecular complexity index is 496. The van der Waals surface area contributed by atoms with Gasteiger partial charge in [-0.1, -0.05) is 12.1 Å². The van der Waals surface area contributed by atoms with Gasteiger partial charge in [0, 0.05) is 19.2 Å². The Labute approximate surface area is 118 Å². The summed E-state index contributed by atoms with van der Waals surface area (Å²) < 4.78 is 37.3. The van der Waals surface area contributed by atoms with Gasteiger partial charge in [0.25, 0.3) is 5.69 Å². The number of anilines is 1. The number of nitrogens with one attached hydrogen (secondary N) is 1. The molecule has 0 aliphatic carbocycles. The molecular formula is C11H15F3N4O3. The van der Waals surface area contributed by atoms with E-state index >= 15 is 0 Å². The minimum atomic E-state index is -4.44. The molecule has 0 aliphatic rings. The molecule has 0 fully saturated rings. The SMILES string of the molecule is NNc1c(CN(CCO)CC(F)(F)F)cccc1[N+](=O)[O-]. The van der Waals surface area contributed by atoms with Gasteiger partial charge in [-0.25, -0.2) is 0 Å². The molecule has 4 N–H and O–H groups in total. The van der Waals surface area contributed by atoms with Crippen molar-refractivity contribution in [3.8, 4) is 0 Å². The van der Waals surface area contributed by atoms with E-state index in [1.165, 1.54) is 18.2 Å². The minimum absolute atomic E-state index is 0.0485. The number of hydrogen-bond donors (Lipinski definition) is 3. The van der Waals surface area contributed by atoms with E-state index in [2.05, 4.69) is 5.43 Å². The summed E-state index contributed by atoms with van der Waals surface area (Å²) in [4.78, 5) is 11.1. The number of hydrogen-bond acceptors (Lipinski definition) is 6. The van der Waals surface area contributed by atoms with E-state index in [0.717, 1.165) is 4.90 Å². The fourth-order valence-corrected chi connectivity index (χ4v) is 1.89. The average Bonchev–Trinajstić information content (AvgIpc) is 2.36. The highest BCUT2D eigenvalue weighted by molar-refractivity contribution is 5.65. The van der Waals surface area contributed by atoms with E-state index in [9.17, 15) is 23.3 Å². The van der Waals surface area contributed by atoms with Crippen LogP contribution in [0.3, 0.4) is 0 Å². The fourth-order valence-electron chi connectivity index (χ4n) is 1.89. The number of halogens is 3. The van der Waals surface area contributed by atoms with Crippen LogP contribution in [0, 0.1) is 10.1 Å². The number of hydrazine groups is 1. The van der Waals surface area contributed by atoms with Gasteiger partial charge in [0.1, 0.15) is 5.69 Å². The molecule has 21 heavy (non-hydrogen) atoms. The second-order valence-corrected chi connectivity index (χ2v) is 4.26. The van der Waals surface area contributed by atoms with Gasteiger partial charge in [-0.3, -0.25) is 20.9 Å². The van der Waals surface area contributed by atoms with E-state index in [-0.39, 0.29) is 30.0 Å². The van der Waals surface area contributed by atoms with Crippen LogP contribution in [0.2, 0.25) is 0 Å². The summed E-state index contributed by atoms with van der Waals surface area (Å²) in [5, 5.41) is 19.7. The van der Waals surface area contributed by atoms with E-state index in [1.807, 2.05) is 0 Å². The number of nitrogens with zero attached hydrogens (tertiary/aromatic N) is 2. The number of alkyl halides is 3. The highest BCUT2D eigenvalue weighted by Crippen LogP contribution is 2.29. The number of rotatable bonds is 7. The van der Waals surface area contributed by atoms with E-state index in [0.29, 0.717) is 0 Å². The van der Waals surface area contributed by atoms with Gasteiger partial charge in [-0.05, 0) is 5.56 Å². The van der Waals surface area contributed by atoms with E-state index in [1.54, 1.807) is 0 Å². The van der Waals surface area contributed by atoms with Crippen LogP contribution in [0.4, 0.5) is 24.5 Å². The summed E-state index contributed by atoms with van der Waals surface area (Å²) in [6, 6.07) is 3.99. The highest BCUT2D eigenvalue weighted by atomic mass is 19.4. The molecule has 0 radical (unpaired) electrons. The minimum Gasteiger partial charge on any atom is -0.395 e. The first-order valence-electron chi connectivity index (χ1n) is 5.91. The van der Waals surface area contributed by atoms with Crippen molar-refractivity contribution in [1.82, 2.24) is 4.90 Å². The second kappa shape index (κ2) is 7.20. The van der Waals surface area contributed by atoms with Gasteiger partial charge in [-0.15, -0.1) is 0 Å². The van der Waals surface area contributed by atoms with Crippen LogP contribution in [-0.2, 0) is 6.54 Å². The molecule has 10 heteroatoms. The standard InChI is InChI=1S/C11H15F3N4O3/c12-11(13,14)7-17(4-5-19)6-8-2-1-3-9(18(20)21)10(8)16-15/h1-3,16,19H,4-7,15H2. The number of nitro benzene ring substituents is 1. The van der Waals surface area contributed by atoms with Crippen LogP contribution in [-0.4, -0.2) is 40.8 Å². The number of aliphatic hydroxyl groups is 1. The summed E-state index contributed by atoms with van der Waals surface area (Å²) in [5.74, 6) is 5.22. The summed E-state index contributed by atoms with van der Waals surface area (Å²) >= 11 is 0. The van der Waals surface area contributed by atoms with Crippen molar-refractivity contribution in [2.75, 3.05) is 25.1 Å². The molecule has 1 rings (SSSR count). The molecule has 0 heterocycles. The third-order valence-corrected chi connectivity index (χ3v) is 2.68. The summed E-state index contributed by atoms with van der Waals surface area (Å²) in [6.07, 6.45) is -4.44. The molecule has 0 spiro atoms. The van der Waals surface area contributed by atoms with Gasteiger partial charge in [0.15, 0.2) is 0 Å². The zero-order valence-electron chi connectivity index (χ0n) is 10.9. The van der Waals surface area contributed by atoms with Crippen LogP contribution >= 0.6 is 0 Å². The molecule has 0 unspecified atom stereocenters. The monoisotopic (exact) mass is 308 g/mol. The maximum Gasteiger partial charge on any atom is 0.401 e. The molecule has 0 aromatic heterocycles. The Morgan fingerprint density at radius 3 is 2.57 bits per heavy atom. The molecule has 1 aromatic carbocycles. The van der Waals surface area contributed by atoms with Gasteiger partial charge in [0.05, 0.1) is 18.1 Å². The van der Waals surface area contributed by atoms with Crippen molar-refractivity contribution in [1.29, 1.82) is 0 Å². The van der Waals surface area contributed by atoms with Crippen molar-refractivity contribution in [2.24, 2.45) is 5.84 Å². The second-order valence-electron chi connectivity index (χ2n) is 4.26. The Kier molecular flexibility index (Phi) is 5.88. The highest BCUT2D eigenvalue weighted by Gasteiger charge is 2.31. The third kappa shape index (κ3) is 5.17. The smallest absolute Gasteiger partial charge is 0.395 e. The van der Waals surface area contributed by atoms with E-state index < -0.39 is 24.3 Å². The maximum absolute atomic E-state index is 12.4. The summed E-state index contributed by atoms with van der Waals surface area (Å²) in [5.41, 5.74) is 2.01. The predicted octanol–water partition coefficient (Wildman–Crippen LogP) is 1.24. The zero-order chi connectivity index (χ0) is 16.0. The molecule has 0 saturated heterocycles. The van der Waals surface area contributed by atoms with Crippen LogP contribution in [0.15, 0.2) is 18.2 Å². The zero-order valence-corrected chi connectivity index (χ0v) is 10.9. The molecule has 1 aromatic rings. The van der Waals surface area contributed by atoms with Crippen LogP contribution in [0.1, 0.15) is 5.56 Å². The van der Waals surface area contributed by atoms with Crippen molar-refractivity contribution >= 4 is 11.4 Å². The summed E-state index contributed by atoms with van der Waals surface area (Å²) in [7, 11) is 0. The van der Waals surface area contributed by atoms with Gasteiger partial charge >= 0.3 is 6.18 Å². The van der Waals surface area contributed by atoms with Gasteiger partial charge in [0.2, 0.25) is 0 Å². The number of benzene rings is 1. The molecular weight excluding hydrogens is 293 g/mol. The van der Waals surface area contributed by atoms with E-state index in [4.69, 9.17) is 10.9 Å². The van der Waals surface area contributed by atoms with Gasteiger partial charge in [-0.2, -0.15) is 13.2 Å². The first-order valence-corrected chi connectivity index (χ1v) is 5.91. The lowest BCUT2D eigenvalue weighted by Gasteiger charge is -2.23. The predicted molar refractivity (Wildman–Crippen MR) is 69.3 cm³/mol. The first-order chi connectivity index (χ1) is 9.78. The number of nitrogens with two attached hydrogens (primary N) is 1. The molecule has 7 nitrogen and oxygen atoms in total. The fraction of sp³-hybridized carbons (Fsp3) is 0.455. The van der Waals surface area contributed by atoms with Gasteiger partial charge < -0.3 is 10.5 Å². The number of nitro groups is 1.